The van der Waals surface area contributed by atoms with Crippen molar-refractivity contribution in [2.75, 3.05) is 7.05 Å². The van der Waals surface area contributed by atoms with E-state index in [2.05, 4.69) is 39.1 Å². The second-order valence-corrected chi connectivity index (χ2v) is 6.78. The summed E-state index contributed by atoms with van der Waals surface area (Å²) < 4.78 is 7.73. The van der Waals surface area contributed by atoms with Gasteiger partial charge in [0.05, 0.1) is 12.4 Å². The topological polar surface area (TPSA) is 56.1 Å². The molecule has 0 unspecified atom stereocenters. The number of hydrogen-bond acceptors (Lipinski definition) is 5. The molecule has 0 bridgehead atoms. The molecular formula is C20H23N5O. The second kappa shape index (κ2) is 7.25. The summed E-state index contributed by atoms with van der Waals surface area (Å²) in [6, 6.07) is 8.61. The highest BCUT2D eigenvalue weighted by molar-refractivity contribution is 5.30. The normalized spacial score (nSPS) is 16.5. The molecule has 6 nitrogen and oxygen atoms in total. The van der Waals surface area contributed by atoms with Crippen LogP contribution in [0.3, 0.4) is 0 Å². The van der Waals surface area contributed by atoms with Crippen LogP contribution in [-0.4, -0.2) is 31.7 Å². The van der Waals surface area contributed by atoms with Crippen LogP contribution in [0.1, 0.15) is 35.7 Å². The summed E-state index contributed by atoms with van der Waals surface area (Å²) in [7, 11) is 4.23. The third-order valence-electron chi connectivity index (χ3n) is 4.99. The van der Waals surface area contributed by atoms with Crippen LogP contribution in [0.4, 0.5) is 0 Å². The molecule has 26 heavy (non-hydrogen) atoms. The first kappa shape index (κ1) is 16.7. The Kier molecular flexibility index (Phi) is 4.67. The lowest BCUT2D eigenvalue weighted by atomic mass is 9.92. The minimum atomic E-state index is 0.433. The Labute approximate surface area is 153 Å². The van der Waals surface area contributed by atoms with Crippen LogP contribution in [0.15, 0.2) is 49.1 Å². The van der Waals surface area contributed by atoms with Gasteiger partial charge < -0.3 is 4.74 Å². The molecule has 134 valence electrons. The molecule has 0 aliphatic heterocycles. The van der Waals surface area contributed by atoms with Crippen molar-refractivity contribution in [2.45, 2.75) is 31.8 Å². The summed E-state index contributed by atoms with van der Waals surface area (Å²) in [5.41, 5.74) is 4.01. The maximum absolute atomic E-state index is 5.71. The van der Waals surface area contributed by atoms with Gasteiger partial charge >= 0.3 is 0 Å². The van der Waals surface area contributed by atoms with Gasteiger partial charge in [0.25, 0.3) is 0 Å². The fraction of sp³-hybridized carbons (Fsp3) is 0.350. The largest absolute Gasteiger partial charge is 0.438 e. The number of hydrogen-bond donors (Lipinski definition) is 0. The van der Waals surface area contributed by atoms with E-state index in [0.29, 0.717) is 11.9 Å². The first-order valence-electron chi connectivity index (χ1n) is 8.94. The van der Waals surface area contributed by atoms with Gasteiger partial charge in [0.15, 0.2) is 0 Å². The zero-order valence-electron chi connectivity index (χ0n) is 15.2. The maximum Gasteiger partial charge on any atom is 0.237 e. The van der Waals surface area contributed by atoms with Crippen LogP contribution < -0.4 is 4.74 Å². The summed E-state index contributed by atoms with van der Waals surface area (Å²) >= 11 is 0. The monoisotopic (exact) mass is 349 g/mol. The first-order chi connectivity index (χ1) is 12.7. The molecule has 4 rings (SSSR count). The summed E-state index contributed by atoms with van der Waals surface area (Å²) in [6.45, 7) is 0.893. The van der Waals surface area contributed by atoms with Gasteiger partial charge in [0, 0.05) is 43.3 Å². The lowest BCUT2D eigenvalue weighted by Gasteiger charge is -2.31. The number of benzene rings is 1. The van der Waals surface area contributed by atoms with Crippen molar-refractivity contribution in [3.8, 4) is 11.6 Å². The number of aromatic nitrogens is 4. The minimum Gasteiger partial charge on any atom is -0.438 e. The third-order valence-corrected chi connectivity index (χ3v) is 4.99. The van der Waals surface area contributed by atoms with Crippen LogP contribution in [-0.2, 0) is 20.0 Å². The summed E-state index contributed by atoms with van der Waals surface area (Å²) in [5, 5.41) is 4.45. The van der Waals surface area contributed by atoms with Crippen molar-refractivity contribution in [3.63, 3.8) is 0 Å². The highest BCUT2D eigenvalue weighted by Crippen LogP contribution is 2.34. The molecule has 0 amide bonds. The number of fused-ring (bicyclic) bond motifs is 1. The van der Waals surface area contributed by atoms with E-state index in [1.165, 1.54) is 29.7 Å². The van der Waals surface area contributed by atoms with E-state index in [1.807, 2.05) is 30.1 Å². The van der Waals surface area contributed by atoms with E-state index < -0.39 is 0 Å². The highest BCUT2D eigenvalue weighted by atomic mass is 16.5. The van der Waals surface area contributed by atoms with E-state index in [9.17, 15) is 0 Å². The maximum atomic E-state index is 5.71. The first-order valence-corrected chi connectivity index (χ1v) is 8.94. The molecule has 0 saturated heterocycles. The lowest BCUT2D eigenvalue weighted by Crippen LogP contribution is -2.27. The van der Waals surface area contributed by atoms with Gasteiger partial charge in [0.1, 0.15) is 5.75 Å². The fourth-order valence-corrected chi connectivity index (χ4v) is 3.66. The molecule has 1 aliphatic carbocycles. The van der Waals surface area contributed by atoms with Crippen LogP contribution in [0.2, 0.25) is 0 Å². The Morgan fingerprint density at radius 1 is 1.19 bits per heavy atom. The van der Waals surface area contributed by atoms with Crippen molar-refractivity contribution >= 4 is 0 Å². The molecule has 1 aromatic carbocycles. The molecule has 0 N–H and O–H groups in total. The summed E-state index contributed by atoms with van der Waals surface area (Å²) in [5.74, 6) is 1.27. The van der Waals surface area contributed by atoms with Gasteiger partial charge in [-0.25, -0.2) is 4.98 Å². The van der Waals surface area contributed by atoms with Gasteiger partial charge in [-0.15, -0.1) is 0 Å². The summed E-state index contributed by atoms with van der Waals surface area (Å²) in [4.78, 5) is 10.6. The molecule has 0 spiro atoms. The van der Waals surface area contributed by atoms with Crippen molar-refractivity contribution in [1.82, 2.24) is 24.6 Å². The van der Waals surface area contributed by atoms with Crippen LogP contribution in [0.25, 0.3) is 0 Å². The molecule has 0 saturated carbocycles. The number of nitrogens with zero attached hydrogens (tertiary/aromatic N) is 5. The van der Waals surface area contributed by atoms with Gasteiger partial charge in [-0.1, -0.05) is 12.1 Å². The van der Waals surface area contributed by atoms with Crippen LogP contribution >= 0.6 is 0 Å². The highest BCUT2D eigenvalue weighted by Gasteiger charge is 2.26. The molecular weight excluding hydrogens is 326 g/mol. The average Bonchev–Trinajstić information content (AvgIpc) is 3.05. The van der Waals surface area contributed by atoms with Gasteiger partial charge in [-0.05, 0) is 44.0 Å². The molecule has 0 radical (unpaired) electrons. The number of aryl methyl sites for hydroxylation is 1. The zero-order chi connectivity index (χ0) is 17.9. The van der Waals surface area contributed by atoms with E-state index >= 15 is 0 Å². The zero-order valence-corrected chi connectivity index (χ0v) is 15.2. The van der Waals surface area contributed by atoms with Crippen molar-refractivity contribution in [2.24, 2.45) is 7.05 Å². The molecule has 3 aromatic rings. The van der Waals surface area contributed by atoms with Crippen LogP contribution in [0, 0.1) is 0 Å². The van der Waals surface area contributed by atoms with Gasteiger partial charge in [0.2, 0.25) is 5.88 Å². The number of ether oxygens (including phenoxy) is 1. The van der Waals surface area contributed by atoms with E-state index in [4.69, 9.17) is 4.74 Å². The van der Waals surface area contributed by atoms with E-state index in [0.717, 1.165) is 18.7 Å². The van der Waals surface area contributed by atoms with Crippen molar-refractivity contribution in [1.29, 1.82) is 0 Å². The van der Waals surface area contributed by atoms with Gasteiger partial charge in [-0.3, -0.25) is 14.6 Å². The smallest absolute Gasteiger partial charge is 0.237 e. The number of rotatable bonds is 5. The Balaban J connectivity index is 1.43. The van der Waals surface area contributed by atoms with E-state index in [1.54, 1.807) is 18.6 Å². The van der Waals surface area contributed by atoms with Crippen molar-refractivity contribution in [3.05, 3.63) is 65.9 Å². The predicted molar refractivity (Wildman–Crippen MR) is 98.9 cm³/mol. The van der Waals surface area contributed by atoms with E-state index in [-0.39, 0.29) is 0 Å². The van der Waals surface area contributed by atoms with Crippen molar-refractivity contribution < 1.29 is 4.74 Å². The minimum absolute atomic E-state index is 0.433. The third kappa shape index (κ3) is 3.46. The molecule has 2 aromatic heterocycles. The Morgan fingerprint density at radius 3 is 2.81 bits per heavy atom. The fourth-order valence-electron chi connectivity index (χ4n) is 3.66. The van der Waals surface area contributed by atoms with Gasteiger partial charge in [-0.2, -0.15) is 5.10 Å². The summed E-state index contributed by atoms with van der Waals surface area (Å²) in [6.07, 6.45) is 10.4. The predicted octanol–water partition coefficient (Wildman–Crippen LogP) is 3.51. The Bertz CT molecular complexity index is 860. The quantitative estimate of drug-likeness (QED) is 0.705. The van der Waals surface area contributed by atoms with Crippen LogP contribution in [0.5, 0.6) is 11.6 Å². The lowest BCUT2D eigenvalue weighted by molar-refractivity contribution is 0.212. The Hall–Kier alpha value is -2.73. The Morgan fingerprint density at radius 2 is 2.04 bits per heavy atom. The standard InChI is InChI=1S/C20H23N5O/c1-24(18-4-3-5-19-17(18)12-23-25(19)2)14-15-6-8-16(9-7-15)26-20-13-21-10-11-22-20/h6-13,18H,3-5,14H2,1-2H3/t18-/m0/s1. The average molecular weight is 349 g/mol. The molecule has 0 fully saturated rings. The molecule has 1 atom stereocenters. The molecule has 6 heteroatoms. The second-order valence-electron chi connectivity index (χ2n) is 6.78. The molecule has 2 heterocycles. The molecule has 1 aliphatic rings. The SMILES string of the molecule is CN(Cc1ccc(Oc2cnccn2)cc1)[C@H]1CCCc2c1cnn2C.